The van der Waals surface area contributed by atoms with E-state index in [0.717, 1.165) is 11.3 Å². The molecule has 3 rings (SSSR count). The minimum Gasteiger partial charge on any atom is -0.495 e. The van der Waals surface area contributed by atoms with E-state index < -0.39 is 10.0 Å². The molecule has 0 N–H and O–H groups in total. The van der Waals surface area contributed by atoms with E-state index in [0.29, 0.717) is 26.2 Å². The van der Waals surface area contributed by atoms with Crippen LogP contribution in [0.1, 0.15) is 12.5 Å². The van der Waals surface area contributed by atoms with Crippen molar-refractivity contribution in [2.24, 2.45) is 0 Å². The second-order valence-electron chi connectivity index (χ2n) is 7.43. The number of amides is 1. The first-order valence-electron chi connectivity index (χ1n) is 10.2. The highest BCUT2D eigenvalue weighted by molar-refractivity contribution is 7.89. The van der Waals surface area contributed by atoms with Crippen LogP contribution in [0.4, 0.5) is 10.1 Å². The van der Waals surface area contributed by atoms with Gasteiger partial charge in [0.25, 0.3) is 0 Å². The third-order valence-electron chi connectivity index (χ3n) is 5.43. The summed E-state index contributed by atoms with van der Waals surface area (Å²) in [5.41, 5.74) is 1.69. The largest absolute Gasteiger partial charge is 0.495 e. The predicted octanol–water partition coefficient (Wildman–Crippen LogP) is 2.50. The molecule has 0 spiro atoms. The highest BCUT2D eigenvalue weighted by atomic mass is 32.2. The van der Waals surface area contributed by atoms with Gasteiger partial charge in [-0.1, -0.05) is 13.0 Å². The van der Waals surface area contributed by atoms with Gasteiger partial charge in [0, 0.05) is 38.4 Å². The lowest BCUT2D eigenvalue weighted by Gasteiger charge is -2.37. The van der Waals surface area contributed by atoms with E-state index in [1.807, 2.05) is 0 Å². The number of likely N-dealkylation sites (N-methyl/N-ethyl adjacent to an activating group) is 1. The van der Waals surface area contributed by atoms with Gasteiger partial charge in [-0.3, -0.25) is 4.79 Å². The molecule has 0 unspecified atom stereocenters. The summed E-state index contributed by atoms with van der Waals surface area (Å²) < 4.78 is 46.0. The van der Waals surface area contributed by atoms with Gasteiger partial charge in [-0.05, 0) is 48.9 Å². The standard InChI is InChI=1S/C22H28FN3O4S/c1-4-26(31(28,29)21-15-17(2)5-10-20(21)30-3)16-22(27)25-13-11-24(12-14-25)19-8-6-18(23)7-9-19/h5-10,15H,4,11-14,16H2,1-3H3. The molecule has 2 aromatic carbocycles. The molecule has 0 aromatic heterocycles. The van der Waals surface area contributed by atoms with Crippen LogP contribution in [0, 0.1) is 12.7 Å². The first-order valence-corrected chi connectivity index (χ1v) is 11.6. The van der Waals surface area contributed by atoms with Crippen molar-refractivity contribution in [3.8, 4) is 5.75 Å². The summed E-state index contributed by atoms with van der Waals surface area (Å²) in [6.07, 6.45) is 0. The molecule has 168 valence electrons. The topological polar surface area (TPSA) is 70.2 Å². The lowest BCUT2D eigenvalue weighted by atomic mass is 10.2. The van der Waals surface area contributed by atoms with Crippen LogP contribution in [0.25, 0.3) is 0 Å². The summed E-state index contributed by atoms with van der Waals surface area (Å²) >= 11 is 0. The molecule has 1 aliphatic rings. The lowest BCUT2D eigenvalue weighted by molar-refractivity contribution is -0.131. The molecule has 0 bridgehead atoms. The summed E-state index contributed by atoms with van der Waals surface area (Å²) in [5, 5.41) is 0. The van der Waals surface area contributed by atoms with Crippen LogP contribution in [0.3, 0.4) is 0 Å². The average molecular weight is 450 g/mol. The Kier molecular flexibility index (Phi) is 7.17. The fraction of sp³-hybridized carbons (Fsp3) is 0.409. The van der Waals surface area contributed by atoms with Crippen molar-refractivity contribution in [2.45, 2.75) is 18.7 Å². The number of sulfonamides is 1. The molecular formula is C22H28FN3O4S. The molecule has 1 aliphatic heterocycles. The minimum atomic E-state index is -3.89. The Hall–Kier alpha value is -2.65. The van der Waals surface area contributed by atoms with E-state index in [2.05, 4.69) is 4.90 Å². The second kappa shape index (κ2) is 9.65. The Bertz CT molecular complexity index is 1020. The molecule has 0 aliphatic carbocycles. The van der Waals surface area contributed by atoms with Crippen molar-refractivity contribution in [3.05, 3.63) is 53.8 Å². The van der Waals surface area contributed by atoms with Gasteiger partial charge in [0.2, 0.25) is 15.9 Å². The van der Waals surface area contributed by atoms with Crippen LogP contribution in [0.15, 0.2) is 47.4 Å². The van der Waals surface area contributed by atoms with Crippen molar-refractivity contribution >= 4 is 21.6 Å². The Morgan fingerprint density at radius 3 is 2.32 bits per heavy atom. The molecule has 0 radical (unpaired) electrons. The zero-order valence-corrected chi connectivity index (χ0v) is 18.9. The quantitative estimate of drug-likeness (QED) is 0.650. The molecule has 31 heavy (non-hydrogen) atoms. The first-order chi connectivity index (χ1) is 14.8. The number of rotatable bonds is 7. The maximum atomic E-state index is 13.2. The summed E-state index contributed by atoms with van der Waals surface area (Å²) in [7, 11) is -2.47. The molecule has 1 heterocycles. The van der Waals surface area contributed by atoms with Crippen LogP contribution >= 0.6 is 0 Å². The lowest BCUT2D eigenvalue weighted by Crippen LogP contribution is -2.51. The van der Waals surface area contributed by atoms with Gasteiger partial charge in [-0.15, -0.1) is 0 Å². The van der Waals surface area contributed by atoms with E-state index in [-0.39, 0.29) is 35.5 Å². The highest BCUT2D eigenvalue weighted by Gasteiger charge is 2.31. The first kappa shape index (κ1) is 23.0. The number of anilines is 1. The van der Waals surface area contributed by atoms with Crippen molar-refractivity contribution in [3.63, 3.8) is 0 Å². The number of carbonyl (C=O) groups is 1. The Labute approximate surface area is 183 Å². The number of halogens is 1. The van der Waals surface area contributed by atoms with E-state index in [4.69, 9.17) is 4.74 Å². The number of carbonyl (C=O) groups excluding carboxylic acids is 1. The normalized spacial score (nSPS) is 14.7. The Morgan fingerprint density at radius 2 is 1.74 bits per heavy atom. The van der Waals surface area contributed by atoms with Crippen LogP contribution in [-0.4, -0.2) is 69.9 Å². The van der Waals surface area contributed by atoms with Crippen molar-refractivity contribution in [2.75, 3.05) is 51.3 Å². The molecule has 0 atom stereocenters. The number of hydrogen-bond donors (Lipinski definition) is 0. The fourth-order valence-corrected chi connectivity index (χ4v) is 5.25. The van der Waals surface area contributed by atoms with Crippen molar-refractivity contribution < 1.29 is 22.3 Å². The van der Waals surface area contributed by atoms with Gasteiger partial charge >= 0.3 is 0 Å². The van der Waals surface area contributed by atoms with Crippen LogP contribution in [0.2, 0.25) is 0 Å². The monoisotopic (exact) mass is 449 g/mol. The average Bonchev–Trinajstić information content (AvgIpc) is 2.77. The number of piperazine rings is 1. The summed E-state index contributed by atoms with van der Waals surface area (Å²) in [6, 6.07) is 11.2. The number of nitrogens with zero attached hydrogens (tertiary/aromatic N) is 3. The highest BCUT2D eigenvalue weighted by Crippen LogP contribution is 2.28. The van der Waals surface area contributed by atoms with Crippen molar-refractivity contribution in [1.29, 1.82) is 0 Å². The van der Waals surface area contributed by atoms with Gasteiger partial charge < -0.3 is 14.5 Å². The second-order valence-corrected chi connectivity index (χ2v) is 9.34. The van der Waals surface area contributed by atoms with Crippen LogP contribution in [-0.2, 0) is 14.8 Å². The molecule has 0 saturated carbocycles. The Morgan fingerprint density at radius 1 is 1.10 bits per heavy atom. The van der Waals surface area contributed by atoms with Gasteiger partial charge in [-0.2, -0.15) is 4.31 Å². The fourth-order valence-electron chi connectivity index (χ4n) is 3.61. The molecule has 9 heteroatoms. The number of ether oxygens (including phenoxy) is 1. The van der Waals surface area contributed by atoms with Crippen LogP contribution < -0.4 is 9.64 Å². The van der Waals surface area contributed by atoms with Gasteiger partial charge in [0.15, 0.2) is 0 Å². The smallest absolute Gasteiger partial charge is 0.247 e. The SMILES string of the molecule is CCN(CC(=O)N1CCN(c2ccc(F)cc2)CC1)S(=O)(=O)c1cc(C)ccc1OC. The molecule has 7 nitrogen and oxygen atoms in total. The van der Waals surface area contributed by atoms with Gasteiger partial charge in [0.1, 0.15) is 16.5 Å². The zero-order chi connectivity index (χ0) is 22.6. The third-order valence-corrected chi connectivity index (χ3v) is 7.37. The third kappa shape index (κ3) is 5.16. The number of aryl methyl sites for hydroxylation is 1. The maximum absolute atomic E-state index is 13.2. The van der Waals surface area contributed by atoms with Gasteiger partial charge in [0.05, 0.1) is 13.7 Å². The maximum Gasteiger partial charge on any atom is 0.247 e. The van der Waals surface area contributed by atoms with Crippen LogP contribution in [0.5, 0.6) is 5.75 Å². The summed E-state index contributed by atoms with van der Waals surface area (Å²) in [6.45, 7) is 5.60. The molecular weight excluding hydrogens is 421 g/mol. The van der Waals surface area contributed by atoms with E-state index >= 15 is 0 Å². The summed E-state index contributed by atoms with van der Waals surface area (Å²) in [4.78, 5) is 16.7. The van der Waals surface area contributed by atoms with E-state index in [1.165, 1.54) is 23.5 Å². The molecule has 2 aromatic rings. The molecule has 1 amide bonds. The predicted molar refractivity (Wildman–Crippen MR) is 117 cm³/mol. The number of hydrogen-bond acceptors (Lipinski definition) is 5. The number of methoxy groups -OCH3 is 1. The molecule has 1 saturated heterocycles. The van der Waals surface area contributed by atoms with E-state index in [1.54, 1.807) is 49.1 Å². The summed E-state index contributed by atoms with van der Waals surface area (Å²) in [5.74, 6) is -0.274. The number of benzene rings is 2. The minimum absolute atomic E-state index is 0.0609. The van der Waals surface area contributed by atoms with Gasteiger partial charge in [-0.25, -0.2) is 12.8 Å². The van der Waals surface area contributed by atoms with Crippen molar-refractivity contribution in [1.82, 2.24) is 9.21 Å². The van der Waals surface area contributed by atoms with E-state index in [9.17, 15) is 17.6 Å². The zero-order valence-electron chi connectivity index (χ0n) is 18.0. The Balaban J connectivity index is 1.67. The molecule has 1 fully saturated rings.